The third-order valence-electron chi connectivity index (χ3n) is 3.26. The zero-order valence-electron chi connectivity index (χ0n) is 11.9. The van der Waals surface area contributed by atoms with Gasteiger partial charge in [-0.2, -0.15) is 5.26 Å². The summed E-state index contributed by atoms with van der Waals surface area (Å²) in [4.78, 5) is 10.9. The Bertz CT molecular complexity index is 829. The van der Waals surface area contributed by atoms with E-state index in [1.54, 1.807) is 37.3 Å². The molecule has 0 atom stereocenters. The smallest absolute Gasteiger partial charge is 0.101 e. The Hall–Kier alpha value is -2.22. The van der Waals surface area contributed by atoms with Gasteiger partial charge < -0.3 is 14.5 Å². The van der Waals surface area contributed by atoms with Crippen molar-refractivity contribution in [1.82, 2.24) is 4.57 Å². The number of carbonyl (C=O) groups is 1. The number of aryl methyl sites for hydroxylation is 1. The van der Waals surface area contributed by atoms with Gasteiger partial charge in [0.05, 0.1) is 22.3 Å². The molecule has 0 aliphatic carbocycles. The van der Waals surface area contributed by atoms with Crippen LogP contribution < -0.4 is 5.11 Å². The Balaban J connectivity index is 2.65. The number of halogens is 2. The first-order chi connectivity index (χ1) is 10.3. The van der Waals surface area contributed by atoms with Gasteiger partial charge in [0.15, 0.2) is 0 Å². The summed E-state index contributed by atoms with van der Waals surface area (Å²) in [5.74, 6) is -1.51. The molecule has 0 radical (unpaired) electrons. The average Bonchev–Trinajstić information content (AvgIpc) is 2.73. The van der Waals surface area contributed by atoms with Gasteiger partial charge in [-0.15, -0.1) is 0 Å². The van der Waals surface area contributed by atoms with E-state index in [1.807, 2.05) is 11.5 Å². The first-order valence-corrected chi connectivity index (χ1v) is 7.08. The summed E-state index contributed by atoms with van der Waals surface area (Å²) in [5, 5.41) is 20.8. The van der Waals surface area contributed by atoms with Crippen LogP contribution in [0.4, 0.5) is 0 Å². The van der Waals surface area contributed by atoms with Gasteiger partial charge in [0.25, 0.3) is 0 Å². The van der Waals surface area contributed by atoms with Crippen LogP contribution in [0, 0.1) is 25.2 Å². The highest BCUT2D eigenvalue weighted by Gasteiger charge is 2.13. The van der Waals surface area contributed by atoms with Crippen molar-refractivity contribution in [2.24, 2.45) is 0 Å². The molecule has 2 rings (SSSR count). The van der Waals surface area contributed by atoms with Crippen LogP contribution in [0.25, 0.3) is 11.8 Å². The summed E-state index contributed by atoms with van der Waals surface area (Å²) in [6.45, 7) is 3.66. The number of aliphatic carboxylic acids is 1. The van der Waals surface area contributed by atoms with Gasteiger partial charge in [-0.25, -0.2) is 0 Å². The van der Waals surface area contributed by atoms with Crippen molar-refractivity contribution < 1.29 is 9.90 Å². The number of carboxylic acids is 1. The molecule has 0 spiro atoms. The van der Waals surface area contributed by atoms with Crippen molar-refractivity contribution in [3.63, 3.8) is 0 Å². The maximum absolute atomic E-state index is 10.9. The van der Waals surface area contributed by atoms with Crippen LogP contribution >= 0.6 is 23.2 Å². The SMILES string of the molecule is Cc1cc(/C=C(/C#N)C(=O)[O-])c(C)n1-c1cc(Cl)ccc1Cl. The summed E-state index contributed by atoms with van der Waals surface area (Å²) in [6, 6.07) is 8.48. The van der Waals surface area contributed by atoms with E-state index in [0.29, 0.717) is 21.3 Å². The van der Waals surface area contributed by atoms with E-state index < -0.39 is 11.5 Å². The summed E-state index contributed by atoms with van der Waals surface area (Å²) < 4.78 is 1.85. The lowest BCUT2D eigenvalue weighted by atomic mass is 10.1. The van der Waals surface area contributed by atoms with E-state index in [-0.39, 0.29) is 0 Å². The Morgan fingerprint density at radius 3 is 2.59 bits per heavy atom. The molecule has 1 aromatic carbocycles. The van der Waals surface area contributed by atoms with Gasteiger partial charge in [-0.1, -0.05) is 23.2 Å². The highest BCUT2D eigenvalue weighted by atomic mass is 35.5. The molecule has 112 valence electrons. The molecule has 0 bridgehead atoms. The fourth-order valence-electron chi connectivity index (χ4n) is 2.25. The molecule has 6 heteroatoms. The van der Waals surface area contributed by atoms with E-state index in [1.165, 1.54) is 6.08 Å². The lowest BCUT2D eigenvalue weighted by Gasteiger charge is -2.12. The van der Waals surface area contributed by atoms with Crippen molar-refractivity contribution in [3.05, 3.63) is 56.8 Å². The Morgan fingerprint density at radius 2 is 2.00 bits per heavy atom. The standard InChI is InChI=1S/C16H12Cl2N2O2/c1-9-5-11(6-12(8-19)16(21)22)10(2)20(9)15-7-13(17)3-4-14(15)18/h3-7H,1-2H3,(H,21,22)/p-1/b12-6-. The van der Waals surface area contributed by atoms with Crippen molar-refractivity contribution in [2.45, 2.75) is 13.8 Å². The normalized spacial score (nSPS) is 11.3. The van der Waals surface area contributed by atoms with E-state index >= 15 is 0 Å². The summed E-state index contributed by atoms with van der Waals surface area (Å²) in [5.41, 5.74) is 2.45. The van der Waals surface area contributed by atoms with E-state index in [9.17, 15) is 9.90 Å². The van der Waals surface area contributed by atoms with Crippen molar-refractivity contribution in [1.29, 1.82) is 5.26 Å². The summed E-state index contributed by atoms with van der Waals surface area (Å²) in [6.07, 6.45) is 1.28. The van der Waals surface area contributed by atoms with E-state index in [0.717, 1.165) is 11.4 Å². The Labute approximate surface area is 137 Å². The van der Waals surface area contributed by atoms with Crippen LogP contribution in [-0.4, -0.2) is 10.5 Å². The fraction of sp³-hybridized carbons (Fsp3) is 0.125. The predicted octanol–water partition coefficient (Wildman–Crippen LogP) is 3.06. The number of nitrogens with zero attached hydrogens (tertiary/aromatic N) is 2. The minimum atomic E-state index is -1.51. The maximum Gasteiger partial charge on any atom is 0.101 e. The lowest BCUT2D eigenvalue weighted by Crippen LogP contribution is -2.23. The third-order valence-corrected chi connectivity index (χ3v) is 3.81. The minimum absolute atomic E-state index is 0.433. The van der Waals surface area contributed by atoms with Crippen LogP contribution in [0.2, 0.25) is 10.0 Å². The Kier molecular flexibility index (Phi) is 4.60. The van der Waals surface area contributed by atoms with Gasteiger partial charge >= 0.3 is 0 Å². The molecule has 0 aliphatic heterocycles. The first kappa shape index (κ1) is 16.2. The monoisotopic (exact) mass is 333 g/mol. The van der Waals surface area contributed by atoms with Crippen LogP contribution in [0.15, 0.2) is 29.8 Å². The number of nitriles is 1. The second-order valence-electron chi connectivity index (χ2n) is 4.71. The second kappa shape index (κ2) is 6.27. The largest absolute Gasteiger partial charge is 0.544 e. The highest BCUT2D eigenvalue weighted by molar-refractivity contribution is 6.34. The van der Waals surface area contributed by atoms with Gasteiger partial charge in [0.2, 0.25) is 0 Å². The Morgan fingerprint density at radius 1 is 1.32 bits per heavy atom. The maximum atomic E-state index is 10.9. The molecule has 0 fully saturated rings. The molecular formula is C16H11Cl2N2O2-. The van der Waals surface area contributed by atoms with Gasteiger partial charge in [-0.3, -0.25) is 0 Å². The van der Waals surface area contributed by atoms with Gasteiger partial charge in [0.1, 0.15) is 6.07 Å². The molecule has 2 aromatic rings. The van der Waals surface area contributed by atoms with Crippen molar-refractivity contribution in [2.75, 3.05) is 0 Å². The number of carboxylic acid groups (broad SMARTS) is 1. The van der Waals surface area contributed by atoms with Crippen LogP contribution in [0.5, 0.6) is 0 Å². The lowest BCUT2D eigenvalue weighted by molar-refractivity contribution is -0.298. The quantitative estimate of drug-likeness (QED) is 0.640. The molecule has 4 nitrogen and oxygen atoms in total. The zero-order valence-corrected chi connectivity index (χ0v) is 13.4. The first-order valence-electron chi connectivity index (χ1n) is 6.32. The molecule has 22 heavy (non-hydrogen) atoms. The number of hydrogen-bond acceptors (Lipinski definition) is 3. The van der Waals surface area contributed by atoms with Crippen LogP contribution in [0.1, 0.15) is 17.0 Å². The number of benzene rings is 1. The summed E-state index contributed by atoms with van der Waals surface area (Å²) >= 11 is 12.2. The number of hydrogen-bond donors (Lipinski definition) is 0. The number of carbonyl (C=O) groups excluding carboxylic acids is 1. The number of aromatic nitrogens is 1. The third kappa shape index (κ3) is 3.01. The van der Waals surface area contributed by atoms with E-state index in [2.05, 4.69) is 0 Å². The summed E-state index contributed by atoms with van der Waals surface area (Å²) in [7, 11) is 0. The number of rotatable bonds is 3. The van der Waals surface area contributed by atoms with Crippen LogP contribution in [0.3, 0.4) is 0 Å². The molecule has 0 amide bonds. The van der Waals surface area contributed by atoms with Gasteiger partial charge in [-0.05, 0) is 49.8 Å². The molecule has 0 saturated heterocycles. The van der Waals surface area contributed by atoms with E-state index in [4.69, 9.17) is 28.5 Å². The fourth-order valence-corrected chi connectivity index (χ4v) is 2.62. The average molecular weight is 334 g/mol. The molecular weight excluding hydrogens is 323 g/mol. The molecule has 1 heterocycles. The zero-order chi connectivity index (χ0) is 16.4. The topological polar surface area (TPSA) is 68.8 Å². The molecule has 0 aliphatic rings. The molecule has 0 saturated carbocycles. The molecule has 0 unspecified atom stereocenters. The molecule has 0 N–H and O–H groups in total. The highest BCUT2D eigenvalue weighted by Crippen LogP contribution is 2.29. The van der Waals surface area contributed by atoms with Gasteiger partial charge in [0, 0.05) is 16.4 Å². The van der Waals surface area contributed by atoms with Crippen molar-refractivity contribution >= 4 is 35.2 Å². The predicted molar refractivity (Wildman–Crippen MR) is 83.9 cm³/mol. The minimum Gasteiger partial charge on any atom is -0.544 e. The van der Waals surface area contributed by atoms with Crippen LogP contribution in [-0.2, 0) is 4.79 Å². The second-order valence-corrected chi connectivity index (χ2v) is 5.56. The van der Waals surface area contributed by atoms with Crippen molar-refractivity contribution in [3.8, 4) is 11.8 Å². The molecule has 1 aromatic heterocycles.